The SMILES string of the molecule is CCNC(C)c1ccc(OCc2nc(C)no2)c(C)c1. The predicted molar refractivity (Wildman–Crippen MR) is 76.6 cm³/mol. The van der Waals surface area contributed by atoms with E-state index in [4.69, 9.17) is 9.26 Å². The number of aryl methyl sites for hydroxylation is 2. The van der Waals surface area contributed by atoms with Gasteiger partial charge in [0.15, 0.2) is 12.4 Å². The second-order valence-electron chi connectivity index (χ2n) is 4.83. The summed E-state index contributed by atoms with van der Waals surface area (Å²) in [7, 11) is 0. The number of nitrogens with one attached hydrogen (secondary N) is 1. The van der Waals surface area contributed by atoms with Gasteiger partial charge in [0.05, 0.1) is 0 Å². The quantitative estimate of drug-likeness (QED) is 0.878. The number of hydrogen-bond acceptors (Lipinski definition) is 5. The Balaban J connectivity index is 2.02. The van der Waals surface area contributed by atoms with E-state index in [9.17, 15) is 0 Å². The molecule has 0 fully saturated rings. The molecule has 1 unspecified atom stereocenters. The fraction of sp³-hybridized carbons (Fsp3) is 0.467. The molecule has 0 amide bonds. The minimum Gasteiger partial charge on any atom is -0.483 e. The average molecular weight is 275 g/mol. The maximum Gasteiger partial charge on any atom is 0.264 e. The van der Waals surface area contributed by atoms with E-state index in [1.165, 1.54) is 5.56 Å². The van der Waals surface area contributed by atoms with Gasteiger partial charge in [-0.25, -0.2) is 0 Å². The third-order valence-corrected chi connectivity index (χ3v) is 3.13. The van der Waals surface area contributed by atoms with Crippen LogP contribution in [-0.4, -0.2) is 16.7 Å². The molecule has 2 rings (SSSR count). The summed E-state index contributed by atoms with van der Waals surface area (Å²) in [5.41, 5.74) is 2.36. The van der Waals surface area contributed by atoms with Crippen LogP contribution in [0, 0.1) is 13.8 Å². The molecule has 0 spiro atoms. The zero-order valence-corrected chi connectivity index (χ0v) is 12.4. The first kappa shape index (κ1) is 14.5. The number of benzene rings is 1. The van der Waals surface area contributed by atoms with Gasteiger partial charge in [-0.1, -0.05) is 24.2 Å². The van der Waals surface area contributed by atoms with Gasteiger partial charge < -0.3 is 14.6 Å². The van der Waals surface area contributed by atoms with E-state index in [2.05, 4.69) is 41.4 Å². The molecule has 2 aromatic rings. The van der Waals surface area contributed by atoms with Crippen LogP contribution in [0.25, 0.3) is 0 Å². The van der Waals surface area contributed by atoms with Crippen LogP contribution in [0.5, 0.6) is 5.75 Å². The summed E-state index contributed by atoms with van der Waals surface area (Å²) in [6.45, 7) is 9.33. The largest absolute Gasteiger partial charge is 0.483 e. The van der Waals surface area contributed by atoms with Crippen LogP contribution in [0.15, 0.2) is 22.7 Å². The molecule has 0 bridgehead atoms. The van der Waals surface area contributed by atoms with Crippen molar-refractivity contribution in [1.82, 2.24) is 15.5 Å². The Labute approximate surface area is 119 Å². The van der Waals surface area contributed by atoms with Crippen molar-refractivity contribution in [2.45, 2.75) is 40.3 Å². The Hall–Kier alpha value is -1.88. The van der Waals surface area contributed by atoms with Crippen molar-refractivity contribution < 1.29 is 9.26 Å². The zero-order valence-electron chi connectivity index (χ0n) is 12.4. The molecule has 1 atom stereocenters. The Bertz CT molecular complexity index is 566. The Morgan fingerprint density at radius 2 is 2.15 bits per heavy atom. The average Bonchev–Trinajstić information content (AvgIpc) is 2.83. The van der Waals surface area contributed by atoms with Crippen molar-refractivity contribution in [1.29, 1.82) is 0 Å². The standard InChI is InChI=1S/C15H21N3O2/c1-5-16-11(3)13-6-7-14(10(2)8-13)19-9-15-17-12(4)18-20-15/h6-8,11,16H,5,9H2,1-4H3. The van der Waals surface area contributed by atoms with Crippen LogP contribution in [0.3, 0.4) is 0 Å². The molecule has 1 heterocycles. The van der Waals surface area contributed by atoms with Gasteiger partial charge in [-0.3, -0.25) is 0 Å². The van der Waals surface area contributed by atoms with Crippen LogP contribution in [-0.2, 0) is 6.61 Å². The molecule has 0 aliphatic rings. The second kappa shape index (κ2) is 6.52. The molecule has 108 valence electrons. The normalized spacial score (nSPS) is 12.4. The highest BCUT2D eigenvalue weighted by atomic mass is 16.5. The van der Waals surface area contributed by atoms with E-state index in [1.54, 1.807) is 6.92 Å². The maximum atomic E-state index is 5.71. The van der Waals surface area contributed by atoms with E-state index >= 15 is 0 Å². The summed E-state index contributed by atoms with van der Waals surface area (Å²) < 4.78 is 10.7. The van der Waals surface area contributed by atoms with E-state index < -0.39 is 0 Å². The van der Waals surface area contributed by atoms with Crippen LogP contribution in [0.4, 0.5) is 0 Å². The molecule has 0 aliphatic heterocycles. The van der Waals surface area contributed by atoms with Crippen LogP contribution in [0.1, 0.15) is 42.7 Å². The first-order valence-electron chi connectivity index (χ1n) is 6.86. The van der Waals surface area contributed by atoms with Crippen molar-refractivity contribution in [2.24, 2.45) is 0 Å². The summed E-state index contributed by atoms with van der Waals surface area (Å²) in [4.78, 5) is 4.11. The van der Waals surface area contributed by atoms with Crippen LogP contribution < -0.4 is 10.1 Å². The monoisotopic (exact) mass is 275 g/mol. The third kappa shape index (κ3) is 3.57. The van der Waals surface area contributed by atoms with Crippen molar-refractivity contribution in [2.75, 3.05) is 6.54 Å². The van der Waals surface area contributed by atoms with Crippen molar-refractivity contribution in [3.8, 4) is 5.75 Å². The lowest BCUT2D eigenvalue weighted by molar-refractivity contribution is 0.241. The first-order valence-corrected chi connectivity index (χ1v) is 6.86. The van der Waals surface area contributed by atoms with Crippen molar-refractivity contribution >= 4 is 0 Å². The lowest BCUT2D eigenvalue weighted by Gasteiger charge is -2.15. The number of nitrogens with zero attached hydrogens (tertiary/aromatic N) is 2. The summed E-state index contributed by atoms with van der Waals surface area (Å²) in [5.74, 6) is 1.95. The molecule has 0 radical (unpaired) electrons. The Morgan fingerprint density at radius 1 is 1.35 bits per heavy atom. The molecule has 1 N–H and O–H groups in total. The van der Waals surface area contributed by atoms with E-state index in [0.717, 1.165) is 17.9 Å². The van der Waals surface area contributed by atoms with E-state index in [1.807, 2.05) is 13.0 Å². The molecular weight excluding hydrogens is 254 g/mol. The lowest BCUT2D eigenvalue weighted by atomic mass is 10.1. The third-order valence-electron chi connectivity index (χ3n) is 3.13. The molecular formula is C15H21N3O2. The van der Waals surface area contributed by atoms with Gasteiger partial charge in [0, 0.05) is 6.04 Å². The second-order valence-corrected chi connectivity index (χ2v) is 4.83. The van der Waals surface area contributed by atoms with Gasteiger partial charge in [0.25, 0.3) is 5.89 Å². The fourth-order valence-corrected chi connectivity index (χ4v) is 2.07. The highest BCUT2D eigenvalue weighted by Gasteiger charge is 2.08. The summed E-state index contributed by atoms with van der Waals surface area (Å²) in [6.07, 6.45) is 0. The van der Waals surface area contributed by atoms with E-state index in [0.29, 0.717) is 24.4 Å². The summed E-state index contributed by atoms with van der Waals surface area (Å²) >= 11 is 0. The highest BCUT2D eigenvalue weighted by molar-refractivity contribution is 5.37. The van der Waals surface area contributed by atoms with Crippen LogP contribution >= 0.6 is 0 Å². The Morgan fingerprint density at radius 3 is 2.75 bits per heavy atom. The molecule has 0 saturated carbocycles. The van der Waals surface area contributed by atoms with Gasteiger partial charge in [-0.15, -0.1) is 0 Å². The number of aromatic nitrogens is 2. The van der Waals surface area contributed by atoms with Crippen molar-refractivity contribution in [3.63, 3.8) is 0 Å². The number of ether oxygens (including phenoxy) is 1. The van der Waals surface area contributed by atoms with Gasteiger partial charge >= 0.3 is 0 Å². The Kier molecular flexibility index (Phi) is 4.74. The van der Waals surface area contributed by atoms with E-state index in [-0.39, 0.29) is 0 Å². The molecule has 5 nitrogen and oxygen atoms in total. The number of rotatable bonds is 6. The van der Waals surface area contributed by atoms with Gasteiger partial charge in [-0.2, -0.15) is 4.98 Å². The zero-order chi connectivity index (χ0) is 14.5. The predicted octanol–water partition coefficient (Wildman–Crippen LogP) is 2.94. The number of hydrogen-bond donors (Lipinski definition) is 1. The van der Waals surface area contributed by atoms with Gasteiger partial charge in [-0.05, 0) is 44.5 Å². The topological polar surface area (TPSA) is 60.2 Å². The molecule has 0 saturated heterocycles. The molecule has 20 heavy (non-hydrogen) atoms. The first-order chi connectivity index (χ1) is 9.60. The summed E-state index contributed by atoms with van der Waals surface area (Å²) in [6, 6.07) is 6.55. The highest BCUT2D eigenvalue weighted by Crippen LogP contribution is 2.23. The fourth-order valence-electron chi connectivity index (χ4n) is 2.07. The lowest BCUT2D eigenvalue weighted by Crippen LogP contribution is -2.17. The minimum absolute atomic E-state index is 0.295. The molecule has 0 aliphatic carbocycles. The smallest absolute Gasteiger partial charge is 0.264 e. The molecule has 1 aromatic heterocycles. The van der Waals surface area contributed by atoms with Crippen LogP contribution in [0.2, 0.25) is 0 Å². The summed E-state index contributed by atoms with van der Waals surface area (Å²) in [5, 5.41) is 7.13. The molecule has 1 aromatic carbocycles. The van der Waals surface area contributed by atoms with Crippen molar-refractivity contribution in [3.05, 3.63) is 41.0 Å². The molecule has 5 heteroatoms. The minimum atomic E-state index is 0.295. The maximum absolute atomic E-state index is 5.71. The van der Waals surface area contributed by atoms with Gasteiger partial charge in [0.2, 0.25) is 0 Å². The van der Waals surface area contributed by atoms with Gasteiger partial charge in [0.1, 0.15) is 5.75 Å².